The van der Waals surface area contributed by atoms with Crippen LogP contribution in [0.4, 0.5) is 0 Å². The Balaban J connectivity index is 1.03. The Hall–Kier alpha value is -1.88. The number of hydrogen-bond donors (Lipinski definition) is 10. The number of aliphatic hydroxyl groups excluding tert-OH is 8. The molecule has 3 heterocycles. The van der Waals surface area contributed by atoms with Crippen LogP contribution in [0.15, 0.2) is 11.6 Å². The maximum Gasteiger partial charge on any atom is 0.335 e. The number of carboxylic acids is 2. The molecule has 10 N–H and O–H groups in total. The highest BCUT2D eigenvalue weighted by Gasteiger charge is 2.70. The van der Waals surface area contributed by atoms with Gasteiger partial charge in [-0.1, -0.05) is 60.1 Å². The zero-order valence-electron chi connectivity index (χ0n) is 39.6. The lowest BCUT2D eigenvalue weighted by molar-refractivity contribution is -0.389. The maximum absolute atomic E-state index is 13.1. The molecule has 0 radical (unpaired) electrons. The smallest absolute Gasteiger partial charge is 0.335 e. The summed E-state index contributed by atoms with van der Waals surface area (Å²) in [5, 5.41) is 108. The van der Waals surface area contributed by atoms with Gasteiger partial charge in [0.25, 0.3) is 0 Å². The zero-order chi connectivity index (χ0) is 48.4. The number of aliphatic carboxylic acids is 2. The van der Waals surface area contributed by atoms with Crippen molar-refractivity contribution >= 4 is 11.9 Å². The number of fused-ring (bicyclic) bond motifs is 7. The second-order valence-electron chi connectivity index (χ2n) is 23.5. The first-order chi connectivity index (χ1) is 30.7. The predicted octanol–water partition coefficient (Wildman–Crippen LogP) is 1.83. The molecule has 5 aliphatic carbocycles. The van der Waals surface area contributed by atoms with Crippen molar-refractivity contribution in [1.82, 2.24) is 0 Å². The number of allylic oxidation sites excluding steroid dienone is 2. The van der Waals surface area contributed by atoms with Gasteiger partial charge in [0.2, 0.25) is 0 Å². The van der Waals surface area contributed by atoms with Crippen LogP contribution in [0.1, 0.15) is 120 Å². The van der Waals surface area contributed by atoms with Crippen molar-refractivity contribution in [1.29, 1.82) is 0 Å². The van der Waals surface area contributed by atoms with Gasteiger partial charge in [-0.2, -0.15) is 0 Å². The summed E-state index contributed by atoms with van der Waals surface area (Å²) in [5.74, 6) is -1.85. The molecule has 3 aliphatic heterocycles. The van der Waals surface area contributed by atoms with Gasteiger partial charge >= 0.3 is 11.9 Å². The number of carboxylic acid groups (broad SMARTS) is 2. The first-order valence-corrected chi connectivity index (χ1v) is 24.2. The van der Waals surface area contributed by atoms with Crippen molar-refractivity contribution < 1.29 is 89.1 Å². The fourth-order valence-electron chi connectivity index (χ4n) is 15.1. The average Bonchev–Trinajstić information content (AvgIpc) is 3.24. The van der Waals surface area contributed by atoms with Gasteiger partial charge in [0.15, 0.2) is 25.0 Å². The van der Waals surface area contributed by atoms with Gasteiger partial charge in [-0.3, -0.25) is 4.79 Å². The van der Waals surface area contributed by atoms with Crippen LogP contribution in [0, 0.1) is 50.2 Å². The standard InChI is InChI=1S/C48H76O18/c1-21-28(50)30(52)32(54)39(61-21)66-37-31(53)29(51)24(20-49)62-41(37)64-35-33(55)36(38(57)58)65-40(34(35)56)63-27-12-13-45(6)25(44(27,4)5)11-14-47(8)26(45)10-9-22-23-19-43(2,3)15-17-48(23,42(59)60)18-16-46(22,47)7/h9,21,23-37,39-41,49-56H,10-20H2,1-8H3,(H,57,58)(H,59,60)/t21-,23-,24+,25-,26+,27-,28-,29-,30+,31-,32+,33-,34+,35-,36-,37+,39-,40+,41-,45-,46+,47+,48-/m0/s1. The van der Waals surface area contributed by atoms with Gasteiger partial charge in [0.1, 0.15) is 61.0 Å². The fraction of sp³-hybridized carbons (Fsp3) is 0.917. The zero-order valence-corrected chi connectivity index (χ0v) is 39.6. The van der Waals surface area contributed by atoms with Crippen molar-refractivity contribution in [3.8, 4) is 0 Å². The fourth-order valence-corrected chi connectivity index (χ4v) is 15.1. The van der Waals surface area contributed by atoms with E-state index >= 15 is 0 Å². The number of hydrogen-bond acceptors (Lipinski definition) is 16. The van der Waals surface area contributed by atoms with E-state index in [1.807, 2.05) is 0 Å². The van der Waals surface area contributed by atoms with Gasteiger partial charge < -0.3 is 79.5 Å². The third-order valence-corrected chi connectivity index (χ3v) is 19.3. The highest BCUT2D eigenvalue weighted by molar-refractivity contribution is 5.76. The summed E-state index contributed by atoms with van der Waals surface area (Å²) in [7, 11) is 0. The predicted molar refractivity (Wildman–Crippen MR) is 230 cm³/mol. The monoisotopic (exact) mass is 941 g/mol. The van der Waals surface area contributed by atoms with Gasteiger partial charge in [-0.05, 0) is 116 Å². The minimum absolute atomic E-state index is 0.00764. The normalized spacial score (nSPS) is 53.3. The largest absolute Gasteiger partial charge is 0.481 e. The highest BCUT2D eigenvalue weighted by atomic mass is 16.8. The second-order valence-corrected chi connectivity index (χ2v) is 23.5. The molecule has 0 bridgehead atoms. The van der Waals surface area contributed by atoms with Crippen LogP contribution in [0.5, 0.6) is 0 Å². The van der Waals surface area contributed by atoms with Crippen LogP contribution in [-0.4, -0.2) is 168 Å². The van der Waals surface area contributed by atoms with Crippen LogP contribution < -0.4 is 0 Å². The lowest BCUT2D eigenvalue weighted by atomic mass is 9.33. The third-order valence-electron chi connectivity index (χ3n) is 19.3. The molecule has 3 saturated heterocycles. The summed E-state index contributed by atoms with van der Waals surface area (Å²) in [6.45, 7) is 16.6. The molecular weight excluding hydrogens is 865 g/mol. The summed E-state index contributed by atoms with van der Waals surface area (Å²) < 4.78 is 35.7. The molecule has 8 aliphatic rings. The molecule has 18 heteroatoms. The van der Waals surface area contributed by atoms with Crippen LogP contribution in [0.2, 0.25) is 0 Å². The molecule has 0 aromatic carbocycles. The Morgan fingerprint density at radius 3 is 1.97 bits per heavy atom. The van der Waals surface area contributed by atoms with E-state index in [1.165, 1.54) is 12.5 Å². The van der Waals surface area contributed by atoms with Gasteiger partial charge in [-0.15, -0.1) is 0 Å². The van der Waals surface area contributed by atoms with Crippen molar-refractivity contribution in [2.24, 2.45) is 50.2 Å². The molecule has 376 valence electrons. The minimum Gasteiger partial charge on any atom is -0.481 e. The van der Waals surface area contributed by atoms with E-state index in [0.717, 1.165) is 44.9 Å². The SMILES string of the molecule is C[C@@H]1O[C@@H](O[C@H]2[C@H](O[C@@H]3[C@@H](O)[C@H](O[C@H]4CC[C@]5(C)[C@H]6CC=C7[C@@H]8CC(C)(C)CC[C@]8(C(=O)O)CC[C@@]7(C)[C@]6(C)CC[C@H]5C4(C)C)O[C@H](C(=O)O)[C@H]3O)O[C@H](CO)[C@H](O)[C@@H]2O)[C@H](O)[C@H](O)[C@H]1O. The molecule has 4 saturated carbocycles. The first-order valence-electron chi connectivity index (χ1n) is 24.2. The highest BCUT2D eigenvalue weighted by Crippen LogP contribution is 2.76. The third kappa shape index (κ3) is 7.74. The van der Waals surface area contributed by atoms with Crippen LogP contribution in [0.25, 0.3) is 0 Å². The van der Waals surface area contributed by atoms with E-state index in [0.29, 0.717) is 19.3 Å². The van der Waals surface area contributed by atoms with Crippen molar-refractivity contribution in [3.05, 3.63) is 11.6 Å². The summed E-state index contributed by atoms with van der Waals surface area (Å²) >= 11 is 0. The number of ether oxygens (including phenoxy) is 6. The van der Waals surface area contributed by atoms with E-state index in [1.54, 1.807) is 0 Å². The maximum atomic E-state index is 13.1. The lowest BCUT2D eigenvalue weighted by Crippen LogP contribution is -2.68. The Morgan fingerprint density at radius 2 is 1.32 bits per heavy atom. The van der Waals surface area contributed by atoms with Gasteiger partial charge in [0.05, 0.1) is 24.2 Å². The lowest BCUT2D eigenvalue weighted by Gasteiger charge is -2.71. The molecule has 18 nitrogen and oxygen atoms in total. The van der Waals surface area contributed by atoms with Crippen molar-refractivity contribution in [3.63, 3.8) is 0 Å². The second kappa shape index (κ2) is 17.5. The topological polar surface area (TPSA) is 292 Å². The summed E-state index contributed by atoms with van der Waals surface area (Å²) in [4.78, 5) is 25.8. The Labute approximate surface area is 386 Å². The molecule has 7 fully saturated rings. The van der Waals surface area contributed by atoms with Crippen LogP contribution in [-0.2, 0) is 38.0 Å². The van der Waals surface area contributed by atoms with Crippen molar-refractivity contribution in [2.75, 3.05) is 6.61 Å². The van der Waals surface area contributed by atoms with E-state index in [4.69, 9.17) is 28.4 Å². The van der Waals surface area contributed by atoms with Gasteiger partial charge in [0, 0.05) is 0 Å². The summed E-state index contributed by atoms with van der Waals surface area (Å²) in [6.07, 6.45) is -16.3. The van der Waals surface area contributed by atoms with E-state index in [-0.39, 0.29) is 39.4 Å². The molecular formula is C48H76O18. The van der Waals surface area contributed by atoms with Crippen LogP contribution in [0.3, 0.4) is 0 Å². The Bertz CT molecular complexity index is 1860. The summed E-state index contributed by atoms with van der Waals surface area (Å²) in [6, 6.07) is 0. The van der Waals surface area contributed by atoms with Crippen molar-refractivity contribution in [2.45, 2.75) is 218 Å². The summed E-state index contributed by atoms with van der Waals surface area (Å²) in [5.41, 5.74) is -0.310. The van der Waals surface area contributed by atoms with E-state index in [9.17, 15) is 60.7 Å². The molecule has 0 aromatic heterocycles. The molecule has 0 aromatic rings. The van der Waals surface area contributed by atoms with E-state index in [2.05, 4.69) is 54.5 Å². The average molecular weight is 941 g/mol. The first kappa shape index (κ1) is 50.5. The number of aliphatic hydroxyl groups is 8. The van der Waals surface area contributed by atoms with Gasteiger partial charge in [-0.25, -0.2) is 4.79 Å². The van der Waals surface area contributed by atoms with Crippen LogP contribution >= 0.6 is 0 Å². The number of rotatable bonds is 9. The number of carbonyl (C=O) groups is 2. The molecule has 0 unspecified atom stereocenters. The molecule has 0 amide bonds. The molecule has 66 heavy (non-hydrogen) atoms. The Morgan fingerprint density at radius 1 is 0.667 bits per heavy atom. The minimum atomic E-state index is -2.05. The Kier molecular flexibility index (Phi) is 13.4. The van der Waals surface area contributed by atoms with E-state index < -0.39 is 128 Å². The molecule has 8 rings (SSSR count). The molecule has 23 atom stereocenters. The quantitative estimate of drug-likeness (QED) is 0.117. The molecule has 0 spiro atoms.